The Bertz CT molecular complexity index is 662. The Morgan fingerprint density at radius 2 is 2.14 bits per heavy atom. The van der Waals surface area contributed by atoms with Gasteiger partial charge < -0.3 is 10.3 Å². The van der Waals surface area contributed by atoms with Crippen molar-refractivity contribution in [3.63, 3.8) is 0 Å². The molecule has 0 aliphatic rings. The molecule has 0 aliphatic heterocycles. The van der Waals surface area contributed by atoms with Crippen LogP contribution in [0.3, 0.4) is 0 Å². The molecule has 0 aliphatic carbocycles. The first-order chi connectivity index (χ1) is 9.88. The molecule has 21 heavy (non-hydrogen) atoms. The van der Waals surface area contributed by atoms with Gasteiger partial charge in [0.05, 0.1) is 6.04 Å². The second-order valence-electron chi connectivity index (χ2n) is 5.13. The fraction of sp³-hybridized carbons (Fsp3) is 0.462. The summed E-state index contributed by atoms with van der Waals surface area (Å²) in [5.74, 6) is 0.594. The Hall–Kier alpha value is -1.22. The molecular weight excluding hydrogens is 308 g/mol. The molecule has 0 saturated heterocycles. The van der Waals surface area contributed by atoms with Gasteiger partial charge in [0.1, 0.15) is 10.0 Å². The Labute approximate surface area is 129 Å². The molecule has 0 spiro atoms. The predicted octanol–water partition coefficient (Wildman–Crippen LogP) is 2.01. The van der Waals surface area contributed by atoms with Crippen molar-refractivity contribution in [1.29, 1.82) is 0 Å². The van der Waals surface area contributed by atoms with E-state index in [1.165, 1.54) is 11.3 Å². The largest absolute Gasteiger partial charge is 0.347 e. The monoisotopic (exact) mass is 328 g/mol. The zero-order valence-corrected chi connectivity index (χ0v) is 13.9. The van der Waals surface area contributed by atoms with Gasteiger partial charge in [-0.2, -0.15) is 0 Å². The minimum absolute atomic E-state index is 0.321. The summed E-state index contributed by atoms with van der Waals surface area (Å²) in [7, 11) is -3.52. The van der Waals surface area contributed by atoms with Crippen molar-refractivity contribution in [3.8, 4) is 0 Å². The topological polar surface area (TPSA) is 86.9 Å². The molecule has 0 aromatic carbocycles. The molecule has 2 heterocycles. The van der Waals surface area contributed by atoms with Crippen molar-refractivity contribution >= 4 is 21.4 Å². The van der Waals surface area contributed by atoms with Crippen molar-refractivity contribution in [1.82, 2.24) is 20.0 Å². The molecule has 116 valence electrons. The molecule has 0 saturated carbocycles. The van der Waals surface area contributed by atoms with Crippen LogP contribution in [0, 0.1) is 0 Å². The second kappa shape index (κ2) is 6.69. The number of rotatable bonds is 7. The van der Waals surface area contributed by atoms with Gasteiger partial charge in [-0.1, -0.05) is 13.8 Å². The Morgan fingerprint density at radius 1 is 1.38 bits per heavy atom. The van der Waals surface area contributed by atoms with E-state index in [0.29, 0.717) is 22.6 Å². The van der Waals surface area contributed by atoms with Crippen LogP contribution in [0.5, 0.6) is 0 Å². The summed E-state index contributed by atoms with van der Waals surface area (Å²) >= 11 is 1.23. The number of hydrogen-bond donors (Lipinski definition) is 3. The maximum absolute atomic E-state index is 12.3. The van der Waals surface area contributed by atoms with E-state index in [0.717, 1.165) is 5.56 Å². The second-order valence-corrected chi connectivity index (χ2v) is 7.98. The lowest BCUT2D eigenvalue weighted by molar-refractivity contribution is 0.563. The Morgan fingerprint density at radius 3 is 2.76 bits per heavy atom. The summed E-state index contributed by atoms with van der Waals surface area (Å²) in [6, 6.07) is 1.67. The van der Waals surface area contributed by atoms with E-state index >= 15 is 0 Å². The molecule has 0 bridgehead atoms. The number of hydrogen-bond acceptors (Lipinski definition) is 5. The van der Waals surface area contributed by atoms with Crippen molar-refractivity contribution in [2.75, 3.05) is 0 Å². The molecule has 1 unspecified atom stereocenters. The van der Waals surface area contributed by atoms with Gasteiger partial charge in [0.2, 0.25) is 0 Å². The smallest absolute Gasteiger partial charge is 0.250 e. The molecule has 0 amide bonds. The van der Waals surface area contributed by atoms with E-state index in [1.54, 1.807) is 25.4 Å². The summed E-state index contributed by atoms with van der Waals surface area (Å²) < 4.78 is 27.6. The average Bonchev–Trinajstić information content (AvgIpc) is 3.07. The summed E-state index contributed by atoms with van der Waals surface area (Å²) in [4.78, 5) is 6.96. The maximum Gasteiger partial charge on any atom is 0.250 e. The van der Waals surface area contributed by atoms with Crippen LogP contribution in [0.4, 0.5) is 0 Å². The molecule has 3 N–H and O–H groups in total. The first-order valence-electron chi connectivity index (χ1n) is 6.71. The summed E-state index contributed by atoms with van der Waals surface area (Å²) in [6.45, 7) is 6.52. The Kier molecular flexibility index (Phi) is 5.15. The molecule has 1 atom stereocenters. The van der Waals surface area contributed by atoms with Crippen LogP contribution in [0.1, 0.15) is 38.2 Å². The van der Waals surface area contributed by atoms with Crippen LogP contribution in [-0.4, -0.2) is 24.4 Å². The number of nitrogens with zero attached hydrogens (tertiary/aromatic N) is 1. The highest BCUT2D eigenvalue weighted by molar-refractivity contribution is 7.91. The number of aromatic amines is 1. The number of thiophene rings is 1. The van der Waals surface area contributed by atoms with Crippen LogP contribution in [0.25, 0.3) is 0 Å². The number of sulfonamides is 1. The quantitative estimate of drug-likeness (QED) is 0.725. The average molecular weight is 328 g/mol. The molecular formula is C13H20N4O2S2. The molecule has 2 aromatic rings. The fourth-order valence-corrected chi connectivity index (χ4v) is 4.20. The molecule has 2 aromatic heterocycles. The predicted molar refractivity (Wildman–Crippen MR) is 83.6 cm³/mol. The van der Waals surface area contributed by atoms with Crippen molar-refractivity contribution in [2.24, 2.45) is 0 Å². The van der Waals surface area contributed by atoms with Gasteiger partial charge in [0.15, 0.2) is 0 Å². The van der Waals surface area contributed by atoms with Gasteiger partial charge in [-0.05, 0) is 23.9 Å². The SMILES string of the molecule is CC(C)NCc1csc(S(=O)(=O)NC(C)c2ncc[nH]2)c1. The molecule has 8 heteroatoms. The van der Waals surface area contributed by atoms with E-state index in [4.69, 9.17) is 0 Å². The van der Waals surface area contributed by atoms with Gasteiger partial charge in [0.25, 0.3) is 10.0 Å². The summed E-state index contributed by atoms with van der Waals surface area (Å²) in [5, 5.41) is 5.13. The lowest BCUT2D eigenvalue weighted by Crippen LogP contribution is -2.27. The number of imidazole rings is 1. The fourth-order valence-electron chi connectivity index (χ4n) is 1.77. The van der Waals surface area contributed by atoms with E-state index in [1.807, 2.05) is 5.38 Å². The number of aromatic nitrogens is 2. The normalized spacial score (nSPS) is 13.7. The number of H-pyrrole nitrogens is 1. The third kappa shape index (κ3) is 4.37. The van der Waals surface area contributed by atoms with E-state index < -0.39 is 16.1 Å². The van der Waals surface area contributed by atoms with Crippen LogP contribution in [0.15, 0.2) is 28.0 Å². The number of nitrogens with one attached hydrogen (secondary N) is 3. The third-order valence-corrected chi connectivity index (χ3v) is 5.90. The lowest BCUT2D eigenvalue weighted by Gasteiger charge is -2.10. The van der Waals surface area contributed by atoms with E-state index in [-0.39, 0.29) is 0 Å². The van der Waals surface area contributed by atoms with Crippen molar-refractivity contribution in [3.05, 3.63) is 35.2 Å². The third-order valence-electron chi connectivity index (χ3n) is 2.87. The Balaban J connectivity index is 2.05. The first kappa shape index (κ1) is 16.2. The zero-order chi connectivity index (χ0) is 15.5. The highest BCUT2D eigenvalue weighted by atomic mass is 32.2. The van der Waals surface area contributed by atoms with Crippen LogP contribution >= 0.6 is 11.3 Å². The molecule has 6 nitrogen and oxygen atoms in total. The molecule has 2 rings (SSSR count). The van der Waals surface area contributed by atoms with Gasteiger partial charge in [-0.15, -0.1) is 11.3 Å². The van der Waals surface area contributed by atoms with Crippen LogP contribution < -0.4 is 10.0 Å². The van der Waals surface area contributed by atoms with E-state index in [9.17, 15) is 8.42 Å². The molecule has 0 fully saturated rings. The van der Waals surface area contributed by atoms with Gasteiger partial charge in [-0.3, -0.25) is 0 Å². The molecule has 0 radical (unpaired) electrons. The zero-order valence-electron chi connectivity index (χ0n) is 12.3. The lowest BCUT2D eigenvalue weighted by atomic mass is 10.3. The van der Waals surface area contributed by atoms with Gasteiger partial charge >= 0.3 is 0 Å². The van der Waals surface area contributed by atoms with Crippen LogP contribution in [0.2, 0.25) is 0 Å². The van der Waals surface area contributed by atoms with Gasteiger partial charge in [-0.25, -0.2) is 18.1 Å². The van der Waals surface area contributed by atoms with Crippen molar-refractivity contribution < 1.29 is 8.42 Å². The van der Waals surface area contributed by atoms with Crippen molar-refractivity contribution in [2.45, 2.75) is 43.6 Å². The minimum atomic E-state index is -3.52. The minimum Gasteiger partial charge on any atom is -0.347 e. The first-order valence-corrected chi connectivity index (χ1v) is 9.07. The maximum atomic E-state index is 12.3. The highest BCUT2D eigenvalue weighted by Gasteiger charge is 2.21. The summed E-state index contributed by atoms with van der Waals surface area (Å²) in [5.41, 5.74) is 0.972. The van der Waals surface area contributed by atoms with E-state index in [2.05, 4.69) is 33.9 Å². The standard InChI is InChI=1S/C13H20N4O2S2/c1-9(2)16-7-11-6-12(20-8-11)21(18,19)17-10(3)13-14-4-5-15-13/h4-6,8-10,16-17H,7H2,1-3H3,(H,14,15). The van der Waals surface area contributed by atoms with Gasteiger partial charge in [0, 0.05) is 25.0 Å². The van der Waals surface area contributed by atoms with Crippen LogP contribution in [-0.2, 0) is 16.6 Å². The summed E-state index contributed by atoms with van der Waals surface area (Å²) in [6.07, 6.45) is 3.27. The highest BCUT2D eigenvalue weighted by Crippen LogP contribution is 2.22.